The van der Waals surface area contributed by atoms with Crippen LogP contribution < -0.4 is 0 Å². The number of hydrogen-bond donors (Lipinski definition) is 0. The van der Waals surface area contributed by atoms with Crippen LogP contribution in [0.1, 0.15) is 65.7 Å². The van der Waals surface area contributed by atoms with Crippen LogP contribution in [-0.4, -0.2) is 35.7 Å². The van der Waals surface area contributed by atoms with Gasteiger partial charge in [-0.15, -0.1) is 0 Å². The van der Waals surface area contributed by atoms with Crippen molar-refractivity contribution in [3.05, 3.63) is 0 Å². The van der Waals surface area contributed by atoms with Gasteiger partial charge in [0.1, 0.15) is 0 Å². The molecule has 0 atom stereocenters. The summed E-state index contributed by atoms with van der Waals surface area (Å²) in [6.07, 6.45) is 10.2. The van der Waals surface area contributed by atoms with E-state index in [0.29, 0.717) is 6.10 Å². The third kappa shape index (κ3) is 4.26. The topological polar surface area (TPSA) is 12.5 Å². The van der Waals surface area contributed by atoms with Gasteiger partial charge < -0.3 is 9.64 Å². The molecule has 0 amide bonds. The maximum Gasteiger partial charge on any atom is 0.0606 e. The van der Waals surface area contributed by atoms with Gasteiger partial charge in [0.05, 0.1) is 11.7 Å². The van der Waals surface area contributed by atoms with Gasteiger partial charge in [-0.1, -0.05) is 19.3 Å². The van der Waals surface area contributed by atoms with Gasteiger partial charge in [-0.3, -0.25) is 0 Å². The standard InChI is InChI=1S/C15H29NO/c1-15(2,3)17-14-9-11-16(12-10-14)13-7-5-4-6-8-13/h13-14H,4-12H2,1-3H3. The van der Waals surface area contributed by atoms with E-state index in [9.17, 15) is 0 Å². The molecule has 0 aromatic carbocycles. The van der Waals surface area contributed by atoms with Crippen molar-refractivity contribution < 1.29 is 4.74 Å². The summed E-state index contributed by atoms with van der Waals surface area (Å²) in [4.78, 5) is 2.72. The van der Waals surface area contributed by atoms with Crippen LogP contribution in [0.15, 0.2) is 0 Å². The molecule has 2 nitrogen and oxygen atoms in total. The summed E-state index contributed by atoms with van der Waals surface area (Å²) >= 11 is 0. The Balaban J connectivity index is 1.73. The minimum Gasteiger partial charge on any atom is -0.373 e. The first-order chi connectivity index (χ1) is 8.04. The van der Waals surface area contributed by atoms with E-state index in [-0.39, 0.29) is 5.60 Å². The van der Waals surface area contributed by atoms with E-state index in [2.05, 4.69) is 25.7 Å². The molecule has 0 radical (unpaired) electrons. The molecular weight excluding hydrogens is 210 g/mol. The number of likely N-dealkylation sites (tertiary alicyclic amines) is 1. The molecule has 0 bridgehead atoms. The predicted octanol–water partition coefficient (Wildman–Crippen LogP) is 3.60. The van der Waals surface area contributed by atoms with Crippen molar-refractivity contribution in [2.75, 3.05) is 13.1 Å². The molecule has 100 valence electrons. The Morgan fingerprint density at radius 1 is 0.882 bits per heavy atom. The van der Waals surface area contributed by atoms with Gasteiger partial charge in [-0.25, -0.2) is 0 Å². The van der Waals surface area contributed by atoms with E-state index in [4.69, 9.17) is 4.74 Å². The van der Waals surface area contributed by atoms with Gasteiger partial charge in [0, 0.05) is 19.1 Å². The van der Waals surface area contributed by atoms with Gasteiger partial charge in [0.25, 0.3) is 0 Å². The normalized spacial score (nSPS) is 26.3. The highest BCUT2D eigenvalue weighted by atomic mass is 16.5. The molecular formula is C15H29NO. The molecule has 2 heteroatoms. The third-order valence-electron chi connectivity index (χ3n) is 4.09. The third-order valence-corrected chi connectivity index (χ3v) is 4.09. The molecule has 1 aliphatic carbocycles. The van der Waals surface area contributed by atoms with Crippen LogP contribution in [0.5, 0.6) is 0 Å². The van der Waals surface area contributed by atoms with Crippen LogP contribution in [0.3, 0.4) is 0 Å². The van der Waals surface area contributed by atoms with Crippen LogP contribution >= 0.6 is 0 Å². The molecule has 0 aromatic heterocycles. The van der Waals surface area contributed by atoms with Gasteiger partial charge >= 0.3 is 0 Å². The average molecular weight is 239 g/mol. The van der Waals surface area contributed by atoms with E-state index in [1.54, 1.807) is 0 Å². The fraction of sp³-hybridized carbons (Fsp3) is 1.00. The zero-order valence-electron chi connectivity index (χ0n) is 11.9. The largest absolute Gasteiger partial charge is 0.373 e. The fourth-order valence-corrected chi connectivity index (χ4v) is 3.30. The summed E-state index contributed by atoms with van der Waals surface area (Å²) in [6, 6.07) is 0.888. The number of ether oxygens (including phenoxy) is 1. The smallest absolute Gasteiger partial charge is 0.0606 e. The second kappa shape index (κ2) is 5.71. The van der Waals surface area contributed by atoms with E-state index in [1.165, 1.54) is 58.0 Å². The summed E-state index contributed by atoms with van der Waals surface area (Å²) in [5.74, 6) is 0. The summed E-state index contributed by atoms with van der Waals surface area (Å²) < 4.78 is 6.09. The molecule has 2 rings (SSSR count). The van der Waals surface area contributed by atoms with Crippen LogP contribution in [0.2, 0.25) is 0 Å². The second-order valence-corrected chi connectivity index (χ2v) is 6.76. The molecule has 0 N–H and O–H groups in total. The molecule has 1 heterocycles. The molecule has 2 fully saturated rings. The number of nitrogens with zero attached hydrogens (tertiary/aromatic N) is 1. The first-order valence-corrected chi connectivity index (χ1v) is 7.46. The molecule has 0 unspecified atom stereocenters. The maximum atomic E-state index is 6.09. The Kier molecular flexibility index (Phi) is 4.48. The van der Waals surface area contributed by atoms with Crippen molar-refractivity contribution in [2.45, 2.75) is 83.5 Å². The molecule has 0 aromatic rings. The quantitative estimate of drug-likeness (QED) is 0.730. The van der Waals surface area contributed by atoms with Crippen LogP contribution in [-0.2, 0) is 4.74 Å². The lowest BCUT2D eigenvalue weighted by molar-refractivity contribution is -0.0865. The van der Waals surface area contributed by atoms with Crippen LogP contribution in [0, 0.1) is 0 Å². The zero-order chi connectivity index (χ0) is 12.3. The summed E-state index contributed by atoms with van der Waals surface area (Å²) in [7, 11) is 0. The maximum absolute atomic E-state index is 6.09. The Hall–Kier alpha value is -0.0800. The van der Waals surface area contributed by atoms with Crippen LogP contribution in [0.25, 0.3) is 0 Å². The number of piperidine rings is 1. The molecule has 1 saturated heterocycles. The molecule has 2 aliphatic rings. The minimum absolute atomic E-state index is 0.0255. The number of rotatable bonds is 2. The summed E-state index contributed by atoms with van der Waals surface area (Å²) in [6.45, 7) is 9.01. The van der Waals surface area contributed by atoms with Crippen molar-refractivity contribution in [1.82, 2.24) is 4.90 Å². The Morgan fingerprint density at radius 2 is 1.47 bits per heavy atom. The monoisotopic (exact) mass is 239 g/mol. The second-order valence-electron chi connectivity index (χ2n) is 6.76. The zero-order valence-corrected chi connectivity index (χ0v) is 11.9. The van der Waals surface area contributed by atoms with Crippen LogP contribution in [0.4, 0.5) is 0 Å². The van der Waals surface area contributed by atoms with E-state index >= 15 is 0 Å². The summed E-state index contributed by atoms with van der Waals surface area (Å²) in [5, 5.41) is 0. The first-order valence-electron chi connectivity index (χ1n) is 7.46. The predicted molar refractivity (Wildman–Crippen MR) is 72.3 cm³/mol. The highest BCUT2D eigenvalue weighted by molar-refractivity contribution is 4.82. The first kappa shape index (κ1) is 13.4. The van der Waals surface area contributed by atoms with Gasteiger partial charge in [0.15, 0.2) is 0 Å². The van der Waals surface area contributed by atoms with E-state index in [0.717, 1.165) is 6.04 Å². The van der Waals surface area contributed by atoms with Crippen molar-refractivity contribution >= 4 is 0 Å². The molecule has 17 heavy (non-hydrogen) atoms. The Morgan fingerprint density at radius 3 is 2.00 bits per heavy atom. The van der Waals surface area contributed by atoms with E-state index in [1.807, 2.05) is 0 Å². The Labute approximate surface area is 107 Å². The van der Waals surface area contributed by atoms with Gasteiger partial charge in [0.2, 0.25) is 0 Å². The van der Waals surface area contributed by atoms with Crippen molar-refractivity contribution in [3.63, 3.8) is 0 Å². The lowest BCUT2D eigenvalue weighted by atomic mass is 9.92. The highest BCUT2D eigenvalue weighted by Gasteiger charge is 2.28. The highest BCUT2D eigenvalue weighted by Crippen LogP contribution is 2.27. The van der Waals surface area contributed by atoms with E-state index < -0.39 is 0 Å². The fourth-order valence-electron chi connectivity index (χ4n) is 3.30. The molecule has 0 spiro atoms. The van der Waals surface area contributed by atoms with Gasteiger partial charge in [-0.2, -0.15) is 0 Å². The van der Waals surface area contributed by atoms with Crippen molar-refractivity contribution in [1.29, 1.82) is 0 Å². The lowest BCUT2D eigenvalue weighted by Crippen LogP contribution is -2.45. The minimum atomic E-state index is 0.0255. The SMILES string of the molecule is CC(C)(C)OC1CCN(C2CCCCC2)CC1. The summed E-state index contributed by atoms with van der Waals surface area (Å²) in [5.41, 5.74) is 0.0255. The molecule has 1 aliphatic heterocycles. The number of hydrogen-bond acceptors (Lipinski definition) is 2. The van der Waals surface area contributed by atoms with Crippen molar-refractivity contribution in [3.8, 4) is 0 Å². The van der Waals surface area contributed by atoms with Crippen molar-refractivity contribution in [2.24, 2.45) is 0 Å². The Bertz CT molecular complexity index is 220. The van der Waals surface area contributed by atoms with Gasteiger partial charge in [-0.05, 0) is 46.5 Å². The average Bonchev–Trinajstić information content (AvgIpc) is 2.29. The molecule has 1 saturated carbocycles. The lowest BCUT2D eigenvalue weighted by Gasteiger charge is -2.40.